The zero-order valence-electron chi connectivity index (χ0n) is 17.2. The lowest BCUT2D eigenvalue weighted by Crippen LogP contribution is -2.53. The number of alkyl halides is 3. The lowest BCUT2D eigenvalue weighted by Gasteiger charge is -2.26. The molecule has 3 N–H and O–H groups in total. The number of hydrogen-bond acceptors (Lipinski definition) is 4. The number of para-hydroxylation sites is 1. The quantitative estimate of drug-likeness (QED) is 0.718. The van der Waals surface area contributed by atoms with E-state index in [0.29, 0.717) is 16.2 Å². The zero-order valence-corrected chi connectivity index (χ0v) is 17.2. The predicted octanol–water partition coefficient (Wildman–Crippen LogP) is 2.81. The average molecular weight is 444 g/mol. The molecule has 4 rings (SSSR count). The summed E-state index contributed by atoms with van der Waals surface area (Å²) in [6, 6.07) is 14.5. The first kappa shape index (κ1) is 22.0. The lowest BCUT2D eigenvalue weighted by molar-refractivity contribution is -0.135. The monoisotopic (exact) mass is 444 g/mol. The molecule has 0 bridgehead atoms. The van der Waals surface area contributed by atoms with Gasteiger partial charge in [-0.1, -0.05) is 48.5 Å². The number of carbonyl (C=O) groups is 2. The number of aliphatic imine (C=N–C) groups is 1. The number of nitrogens with zero attached hydrogens (tertiary/aromatic N) is 2. The van der Waals surface area contributed by atoms with E-state index in [0.717, 1.165) is 18.4 Å². The van der Waals surface area contributed by atoms with Gasteiger partial charge in [0.25, 0.3) is 5.91 Å². The number of nitrogens with two attached hydrogens (primary N) is 1. The molecule has 168 valence electrons. The number of fused-ring (bicyclic) bond motifs is 1. The predicted molar refractivity (Wildman–Crippen MR) is 114 cm³/mol. The van der Waals surface area contributed by atoms with Crippen molar-refractivity contribution in [3.05, 3.63) is 65.7 Å². The van der Waals surface area contributed by atoms with Crippen LogP contribution in [0.4, 0.5) is 18.9 Å². The van der Waals surface area contributed by atoms with Crippen molar-refractivity contribution in [3.8, 4) is 0 Å². The van der Waals surface area contributed by atoms with Gasteiger partial charge in [-0.15, -0.1) is 0 Å². The zero-order chi connectivity index (χ0) is 22.9. The number of nitrogens with one attached hydrogen (secondary N) is 1. The van der Waals surface area contributed by atoms with Gasteiger partial charge in [-0.2, -0.15) is 13.2 Å². The average Bonchev–Trinajstić information content (AvgIpc) is 3.60. The first-order valence-electron chi connectivity index (χ1n) is 10.4. The van der Waals surface area contributed by atoms with Gasteiger partial charge < -0.3 is 11.1 Å². The summed E-state index contributed by atoms with van der Waals surface area (Å²) in [5, 5.41) is 2.48. The largest absolute Gasteiger partial charge is 0.406 e. The van der Waals surface area contributed by atoms with Gasteiger partial charge in [0, 0.05) is 11.5 Å². The molecular weight excluding hydrogens is 421 g/mol. The van der Waals surface area contributed by atoms with Crippen molar-refractivity contribution in [2.75, 3.05) is 11.4 Å². The molecule has 1 aliphatic heterocycles. The van der Waals surface area contributed by atoms with Gasteiger partial charge in [-0.05, 0) is 30.9 Å². The molecule has 1 heterocycles. The third kappa shape index (κ3) is 4.99. The lowest BCUT2D eigenvalue weighted by atomic mass is 10.0. The molecule has 0 saturated heterocycles. The summed E-state index contributed by atoms with van der Waals surface area (Å²) in [5.41, 5.74) is 8.01. The number of amides is 2. The third-order valence-electron chi connectivity index (χ3n) is 5.45. The minimum atomic E-state index is -4.62. The van der Waals surface area contributed by atoms with Crippen LogP contribution in [0.1, 0.15) is 24.0 Å². The van der Waals surface area contributed by atoms with Gasteiger partial charge in [0.15, 0.2) is 0 Å². The second kappa shape index (κ2) is 8.74. The first-order chi connectivity index (χ1) is 15.2. The number of benzodiazepines with no additional fused rings is 1. The van der Waals surface area contributed by atoms with E-state index >= 15 is 0 Å². The van der Waals surface area contributed by atoms with Crippen LogP contribution in [0.15, 0.2) is 59.6 Å². The SMILES string of the molecule is N[C@H](Cc1ccccc1)C(=O)NC1N=C(C2CC2)c2ccccc2N(CC(F)(F)F)C1=O. The third-order valence-corrected chi connectivity index (χ3v) is 5.45. The fourth-order valence-corrected chi connectivity index (χ4v) is 3.78. The molecule has 0 radical (unpaired) electrons. The molecule has 0 spiro atoms. The fraction of sp³-hybridized carbons (Fsp3) is 0.348. The standard InChI is InChI=1S/C23H23F3N4O2/c24-23(25,26)13-30-18-9-5-4-8-16(18)19(15-10-11-15)28-20(22(30)32)29-21(31)17(27)12-14-6-2-1-3-7-14/h1-9,15,17,20H,10-13,27H2,(H,29,31)/t17-,20?/m1/s1. The van der Waals surface area contributed by atoms with E-state index in [2.05, 4.69) is 10.3 Å². The Balaban J connectivity index is 1.63. The molecule has 1 unspecified atom stereocenters. The summed E-state index contributed by atoms with van der Waals surface area (Å²) in [7, 11) is 0. The molecule has 9 heteroatoms. The highest BCUT2D eigenvalue weighted by Crippen LogP contribution is 2.38. The van der Waals surface area contributed by atoms with E-state index < -0.39 is 36.7 Å². The fourth-order valence-electron chi connectivity index (χ4n) is 3.78. The molecule has 2 aromatic carbocycles. The maximum Gasteiger partial charge on any atom is 0.406 e. The number of benzene rings is 2. The van der Waals surface area contributed by atoms with Crippen molar-refractivity contribution in [2.24, 2.45) is 16.6 Å². The molecule has 2 aromatic rings. The van der Waals surface area contributed by atoms with Crippen LogP contribution in [0.2, 0.25) is 0 Å². The van der Waals surface area contributed by atoms with Gasteiger partial charge in [-0.3, -0.25) is 19.5 Å². The van der Waals surface area contributed by atoms with E-state index in [1.165, 1.54) is 6.07 Å². The number of rotatable bonds is 6. The minimum absolute atomic E-state index is 0.0483. The Hall–Kier alpha value is -3.20. The molecular formula is C23H23F3N4O2. The van der Waals surface area contributed by atoms with E-state index in [1.54, 1.807) is 18.2 Å². The van der Waals surface area contributed by atoms with Crippen LogP contribution >= 0.6 is 0 Å². The number of carbonyl (C=O) groups excluding carboxylic acids is 2. The molecule has 1 aliphatic carbocycles. The molecule has 32 heavy (non-hydrogen) atoms. The van der Waals surface area contributed by atoms with Gasteiger partial charge in [0.05, 0.1) is 17.4 Å². The summed E-state index contributed by atoms with van der Waals surface area (Å²) >= 11 is 0. The minimum Gasteiger partial charge on any atom is -0.325 e. The van der Waals surface area contributed by atoms with Crippen LogP contribution in [0, 0.1) is 5.92 Å². The van der Waals surface area contributed by atoms with Gasteiger partial charge in [-0.25, -0.2) is 0 Å². The van der Waals surface area contributed by atoms with Gasteiger partial charge in [0.1, 0.15) is 6.54 Å². The first-order valence-corrected chi connectivity index (χ1v) is 10.4. The highest BCUT2D eigenvalue weighted by molar-refractivity contribution is 6.14. The maximum atomic E-state index is 13.3. The van der Waals surface area contributed by atoms with Crippen LogP contribution < -0.4 is 16.0 Å². The van der Waals surface area contributed by atoms with E-state index in [-0.39, 0.29) is 18.0 Å². The van der Waals surface area contributed by atoms with Crippen molar-refractivity contribution < 1.29 is 22.8 Å². The van der Waals surface area contributed by atoms with Crippen LogP contribution in [0.5, 0.6) is 0 Å². The van der Waals surface area contributed by atoms with Crippen molar-refractivity contribution in [1.29, 1.82) is 0 Å². The summed E-state index contributed by atoms with van der Waals surface area (Å²) in [4.78, 5) is 31.0. The van der Waals surface area contributed by atoms with Crippen molar-refractivity contribution >= 4 is 23.2 Å². The van der Waals surface area contributed by atoms with E-state index in [4.69, 9.17) is 5.73 Å². The topological polar surface area (TPSA) is 87.8 Å². The summed E-state index contributed by atoms with van der Waals surface area (Å²) in [6.45, 7) is -1.47. The Bertz CT molecular complexity index is 1040. The number of anilines is 1. The van der Waals surface area contributed by atoms with Crippen LogP contribution in [0.25, 0.3) is 0 Å². The Morgan fingerprint density at radius 1 is 1.12 bits per heavy atom. The molecule has 6 nitrogen and oxygen atoms in total. The summed E-state index contributed by atoms with van der Waals surface area (Å²) in [5.74, 6) is -1.54. The number of hydrogen-bond donors (Lipinski definition) is 2. The molecule has 2 atom stereocenters. The Labute approximate surface area is 183 Å². The second-order valence-electron chi connectivity index (χ2n) is 8.05. The van der Waals surface area contributed by atoms with Crippen LogP contribution in [-0.4, -0.2) is 42.5 Å². The highest BCUT2D eigenvalue weighted by atomic mass is 19.4. The van der Waals surface area contributed by atoms with Gasteiger partial charge in [0.2, 0.25) is 12.1 Å². The maximum absolute atomic E-state index is 13.3. The highest BCUT2D eigenvalue weighted by Gasteiger charge is 2.42. The molecule has 1 fully saturated rings. The van der Waals surface area contributed by atoms with E-state index in [1.807, 2.05) is 30.3 Å². The second-order valence-corrected chi connectivity index (χ2v) is 8.05. The summed E-state index contributed by atoms with van der Waals surface area (Å²) in [6.07, 6.45) is -4.22. The Morgan fingerprint density at radius 3 is 2.44 bits per heavy atom. The Morgan fingerprint density at radius 2 is 1.78 bits per heavy atom. The molecule has 2 aliphatic rings. The molecule has 1 saturated carbocycles. The van der Waals surface area contributed by atoms with Crippen molar-refractivity contribution in [1.82, 2.24) is 5.32 Å². The van der Waals surface area contributed by atoms with Crippen LogP contribution in [-0.2, 0) is 16.0 Å². The molecule has 2 amide bonds. The smallest absolute Gasteiger partial charge is 0.325 e. The normalized spacial score (nSPS) is 19.6. The summed E-state index contributed by atoms with van der Waals surface area (Å²) < 4.78 is 40.0. The van der Waals surface area contributed by atoms with Crippen molar-refractivity contribution in [2.45, 2.75) is 37.6 Å². The van der Waals surface area contributed by atoms with E-state index in [9.17, 15) is 22.8 Å². The number of halogens is 3. The Kier molecular flexibility index (Phi) is 6.01. The van der Waals surface area contributed by atoms with Crippen molar-refractivity contribution in [3.63, 3.8) is 0 Å². The molecule has 0 aromatic heterocycles. The van der Waals surface area contributed by atoms with Gasteiger partial charge >= 0.3 is 6.18 Å². The van der Waals surface area contributed by atoms with Crippen LogP contribution in [0.3, 0.4) is 0 Å².